The third-order valence-corrected chi connectivity index (χ3v) is 4.22. The number of nitrogens with zero attached hydrogens (tertiary/aromatic N) is 2. The Bertz CT molecular complexity index is 405. The fraction of sp³-hybridized carbons (Fsp3) is 0.625. The SMILES string of the molecule is Cc1cccc(C(CN)N(C)CC2CCN(C)C2)c1. The molecule has 0 amide bonds. The number of rotatable bonds is 5. The number of nitrogens with two attached hydrogens (primary N) is 1. The van der Waals surface area contributed by atoms with Gasteiger partial charge in [0.05, 0.1) is 0 Å². The number of hydrogen-bond acceptors (Lipinski definition) is 3. The molecule has 1 aliphatic heterocycles. The van der Waals surface area contributed by atoms with Crippen LogP contribution in [0.5, 0.6) is 0 Å². The van der Waals surface area contributed by atoms with Crippen LogP contribution in [-0.2, 0) is 0 Å². The van der Waals surface area contributed by atoms with Crippen molar-refractivity contribution in [3.8, 4) is 0 Å². The molecule has 2 unspecified atom stereocenters. The Hall–Kier alpha value is -0.900. The molecule has 1 heterocycles. The lowest BCUT2D eigenvalue weighted by molar-refractivity contribution is 0.211. The topological polar surface area (TPSA) is 32.5 Å². The summed E-state index contributed by atoms with van der Waals surface area (Å²) in [5.41, 5.74) is 8.66. The van der Waals surface area contributed by atoms with Gasteiger partial charge >= 0.3 is 0 Å². The lowest BCUT2D eigenvalue weighted by Gasteiger charge is -2.30. The molecule has 0 aliphatic carbocycles. The van der Waals surface area contributed by atoms with E-state index in [9.17, 15) is 0 Å². The number of likely N-dealkylation sites (N-methyl/N-ethyl adjacent to an activating group) is 1. The highest BCUT2D eigenvalue weighted by molar-refractivity contribution is 5.25. The largest absolute Gasteiger partial charge is 0.329 e. The van der Waals surface area contributed by atoms with Gasteiger partial charge in [-0.1, -0.05) is 29.8 Å². The summed E-state index contributed by atoms with van der Waals surface area (Å²) in [6, 6.07) is 9.07. The van der Waals surface area contributed by atoms with Crippen molar-refractivity contribution in [2.24, 2.45) is 11.7 Å². The van der Waals surface area contributed by atoms with Crippen molar-refractivity contribution in [1.29, 1.82) is 0 Å². The Kier molecular flexibility index (Phi) is 4.97. The second-order valence-electron chi connectivity index (χ2n) is 6.02. The van der Waals surface area contributed by atoms with Crippen molar-refractivity contribution < 1.29 is 0 Å². The summed E-state index contributed by atoms with van der Waals surface area (Å²) in [5.74, 6) is 0.786. The number of hydrogen-bond donors (Lipinski definition) is 1. The number of benzene rings is 1. The summed E-state index contributed by atoms with van der Waals surface area (Å²) < 4.78 is 0. The second-order valence-corrected chi connectivity index (χ2v) is 6.02. The van der Waals surface area contributed by atoms with Crippen LogP contribution in [-0.4, -0.2) is 50.1 Å². The van der Waals surface area contributed by atoms with Crippen molar-refractivity contribution in [1.82, 2.24) is 9.80 Å². The summed E-state index contributed by atoms with van der Waals surface area (Å²) in [6.07, 6.45) is 1.31. The lowest BCUT2D eigenvalue weighted by atomic mass is 10.0. The Labute approximate surface area is 117 Å². The zero-order valence-electron chi connectivity index (χ0n) is 12.5. The van der Waals surface area contributed by atoms with Crippen LogP contribution in [0.1, 0.15) is 23.6 Å². The summed E-state index contributed by atoms with van der Waals surface area (Å²) in [7, 11) is 4.42. The summed E-state index contributed by atoms with van der Waals surface area (Å²) in [6.45, 7) is 6.41. The van der Waals surface area contributed by atoms with Gasteiger partial charge in [0.2, 0.25) is 0 Å². The predicted octanol–water partition coefficient (Wildman–Crippen LogP) is 1.88. The molecule has 2 atom stereocenters. The predicted molar refractivity (Wildman–Crippen MR) is 81.2 cm³/mol. The van der Waals surface area contributed by atoms with E-state index in [2.05, 4.69) is 55.1 Å². The molecule has 2 rings (SSSR count). The molecule has 0 saturated carbocycles. The van der Waals surface area contributed by atoms with E-state index < -0.39 is 0 Å². The normalized spacial score (nSPS) is 22.1. The van der Waals surface area contributed by atoms with Gasteiger partial charge in [-0.25, -0.2) is 0 Å². The first-order chi connectivity index (χ1) is 9.10. The minimum atomic E-state index is 0.339. The first-order valence-electron chi connectivity index (χ1n) is 7.25. The van der Waals surface area contributed by atoms with Gasteiger partial charge in [0.15, 0.2) is 0 Å². The third kappa shape index (κ3) is 3.78. The van der Waals surface area contributed by atoms with Crippen molar-refractivity contribution in [3.63, 3.8) is 0 Å². The van der Waals surface area contributed by atoms with Crippen molar-refractivity contribution >= 4 is 0 Å². The maximum Gasteiger partial charge on any atom is 0.0467 e. The van der Waals surface area contributed by atoms with Crippen LogP contribution in [0, 0.1) is 12.8 Å². The zero-order valence-corrected chi connectivity index (χ0v) is 12.5. The fourth-order valence-corrected chi connectivity index (χ4v) is 3.16. The molecule has 106 valence electrons. The Morgan fingerprint density at radius 1 is 1.47 bits per heavy atom. The molecular weight excluding hydrogens is 234 g/mol. The zero-order chi connectivity index (χ0) is 13.8. The smallest absolute Gasteiger partial charge is 0.0467 e. The summed E-state index contributed by atoms with van der Waals surface area (Å²) in [4.78, 5) is 4.85. The van der Waals surface area contributed by atoms with Gasteiger partial charge in [0, 0.05) is 25.7 Å². The van der Waals surface area contributed by atoms with Gasteiger partial charge in [-0.15, -0.1) is 0 Å². The molecule has 1 aliphatic rings. The van der Waals surface area contributed by atoms with Crippen LogP contribution in [0.15, 0.2) is 24.3 Å². The van der Waals surface area contributed by atoms with E-state index in [-0.39, 0.29) is 0 Å². The molecule has 1 aromatic carbocycles. The minimum Gasteiger partial charge on any atom is -0.329 e. The molecule has 0 radical (unpaired) electrons. The van der Waals surface area contributed by atoms with E-state index >= 15 is 0 Å². The maximum absolute atomic E-state index is 6.01. The van der Waals surface area contributed by atoms with Gasteiger partial charge in [-0.2, -0.15) is 0 Å². The second kappa shape index (κ2) is 6.51. The summed E-state index contributed by atoms with van der Waals surface area (Å²) in [5, 5.41) is 0. The van der Waals surface area contributed by atoms with Crippen molar-refractivity contribution in [3.05, 3.63) is 35.4 Å². The Morgan fingerprint density at radius 3 is 2.84 bits per heavy atom. The molecule has 3 heteroatoms. The molecule has 1 fully saturated rings. The lowest BCUT2D eigenvalue weighted by Crippen LogP contribution is -2.35. The molecule has 2 N–H and O–H groups in total. The highest BCUT2D eigenvalue weighted by Crippen LogP contribution is 2.23. The van der Waals surface area contributed by atoms with Gasteiger partial charge in [-0.05, 0) is 45.5 Å². The van der Waals surface area contributed by atoms with Crippen LogP contribution >= 0.6 is 0 Å². The van der Waals surface area contributed by atoms with Gasteiger partial charge in [0.1, 0.15) is 0 Å². The molecule has 0 aromatic heterocycles. The highest BCUT2D eigenvalue weighted by atomic mass is 15.2. The third-order valence-electron chi connectivity index (χ3n) is 4.22. The van der Waals surface area contributed by atoms with E-state index in [4.69, 9.17) is 5.73 Å². The van der Waals surface area contributed by atoms with Crippen LogP contribution in [0.3, 0.4) is 0 Å². The van der Waals surface area contributed by atoms with E-state index in [1.165, 1.54) is 30.6 Å². The quantitative estimate of drug-likeness (QED) is 0.878. The molecule has 19 heavy (non-hydrogen) atoms. The van der Waals surface area contributed by atoms with Gasteiger partial charge in [0.25, 0.3) is 0 Å². The Morgan fingerprint density at radius 2 is 2.26 bits per heavy atom. The highest BCUT2D eigenvalue weighted by Gasteiger charge is 2.24. The molecule has 0 bridgehead atoms. The molecular formula is C16H27N3. The van der Waals surface area contributed by atoms with Gasteiger partial charge in [-0.3, -0.25) is 4.90 Å². The average Bonchev–Trinajstić information content (AvgIpc) is 2.75. The van der Waals surface area contributed by atoms with E-state index in [1.807, 2.05) is 0 Å². The Balaban J connectivity index is 2.00. The maximum atomic E-state index is 6.01. The molecule has 1 saturated heterocycles. The molecule has 3 nitrogen and oxygen atoms in total. The summed E-state index contributed by atoms with van der Waals surface area (Å²) >= 11 is 0. The van der Waals surface area contributed by atoms with Gasteiger partial charge < -0.3 is 10.6 Å². The standard InChI is InChI=1S/C16H27N3/c1-13-5-4-6-15(9-13)16(10-17)19(3)12-14-7-8-18(2)11-14/h4-6,9,14,16H,7-8,10-12,17H2,1-3H3. The van der Waals surface area contributed by atoms with Crippen LogP contribution in [0.2, 0.25) is 0 Å². The molecule has 0 spiro atoms. The van der Waals surface area contributed by atoms with E-state index in [0.717, 1.165) is 12.5 Å². The molecule has 1 aromatic rings. The van der Waals surface area contributed by atoms with E-state index in [0.29, 0.717) is 12.6 Å². The van der Waals surface area contributed by atoms with Crippen LogP contribution in [0.25, 0.3) is 0 Å². The monoisotopic (exact) mass is 261 g/mol. The number of aryl methyl sites for hydroxylation is 1. The van der Waals surface area contributed by atoms with Crippen LogP contribution in [0.4, 0.5) is 0 Å². The first kappa shape index (κ1) is 14.5. The minimum absolute atomic E-state index is 0.339. The number of likely N-dealkylation sites (tertiary alicyclic amines) is 1. The van der Waals surface area contributed by atoms with Crippen molar-refractivity contribution in [2.75, 3.05) is 40.3 Å². The van der Waals surface area contributed by atoms with E-state index in [1.54, 1.807) is 0 Å². The van der Waals surface area contributed by atoms with Crippen molar-refractivity contribution in [2.45, 2.75) is 19.4 Å². The fourth-order valence-electron chi connectivity index (χ4n) is 3.16. The average molecular weight is 261 g/mol. The van der Waals surface area contributed by atoms with Crippen LogP contribution < -0.4 is 5.73 Å². The first-order valence-corrected chi connectivity index (χ1v) is 7.25.